The number of ether oxygens (including phenoxy) is 1. The minimum atomic E-state index is -0.337. The molecule has 2 atom stereocenters. The van der Waals surface area contributed by atoms with Crippen molar-refractivity contribution in [3.05, 3.63) is 29.3 Å². The summed E-state index contributed by atoms with van der Waals surface area (Å²) in [5.41, 5.74) is 2.23. The van der Waals surface area contributed by atoms with Gasteiger partial charge in [-0.2, -0.15) is 0 Å². The van der Waals surface area contributed by atoms with Gasteiger partial charge in [-0.25, -0.2) is 0 Å². The molecular formula is C12H16O2. The van der Waals surface area contributed by atoms with E-state index in [2.05, 4.69) is 13.0 Å². The molecule has 0 amide bonds. The van der Waals surface area contributed by atoms with Crippen molar-refractivity contribution < 1.29 is 9.84 Å². The Balaban J connectivity index is 2.28. The van der Waals surface area contributed by atoms with Gasteiger partial charge in [-0.1, -0.05) is 13.0 Å². The monoisotopic (exact) mass is 192 g/mol. The highest BCUT2D eigenvalue weighted by Gasteiger charge is 2.19. The Morgan fingerprint density at radius 2 is 2.36 bits per heavy atom. The van der Waals surface area contributed by atoms with Gasteiger partial charge in [0.25, 0.3) is 0 Å². The predicted molar refractivity (Wildman–Crippen MR) is 55.5 cm³/mol. The first kappa shape index (κ1) is 9.53. The summed E-state index contributed by atoms with van der Waals surface area (Å²) < 4.78 is 5.59. The van der Waals surface area contributed by atoms with Gasteiger partial charge in [0, 0.05) is 6.42 Å². The summed E-state index contributed by atoms with van der Waals surface area (Å²) in [5, 5.41) is 9.69. The summed E-state index contributed by atoms with van der Waals surface area (Å²) >= 11 is 0. The number of rotatable bonds is 2. The third kappa shape index (κ3) is 1.62. The summed E-state index contributed by atoms with van der Waals surface area (Å²) in [6.45, 7) is 4.05. The molecule has 1 N–H and O–H groups in total. The van der Waals surface area contributed by atoms with Gasteiger partial charge in [0.1, 0.15) is 11.9 Å². The summed E-state index contributed by atoms with van der Waals surface area (Å²) in [6.07, 6.45) is 1.66. The van der Waals surface area contributed by atoms with Gasteiger partial charge in [-0.15, -0.1) is 0 Å². The Morgan fingerprint density at radius 3 is 3.07 bits per heavy atom. The summed E-state index contributed by atoms with van der Waals surface area (Å²) in [7, 11) is 0. The number of hydrogen-bond donors (Lipinski definition) is 1. The third-order valence-corrected chi connectivity index (χ3v) is 2.69. The van der Waals surface area contributed by atoms with Gasteiger partial charge in [0.05, 0.1) is 6.10 Å². The van der Waals surface area contributed by atoms with Gasteiger partial charge in [-0.05, 0) is 36.6 Å². The van der Waals surface area contributed by atoms with Crippen molar-refractivity contribution in [1.82, 2.24) is 0 Å². The second-order valence-electron chi connectivity index (χ2n) is 3.92. The van der Waals surface area contributed by atoms with Crippen molar-refractivity contribution in [2.45, 2.75) is 38.9 Å². The molecule has 14 heavy (non-hydrogen) atoms. The minimum Gasteiger partial charge on any atom is -0.490 e. The van der Waals surface area contributed by atoms with Gasteiger partial charge >= 0.3 is 0 Å². The molecule has 1 aromatic carbocycles. The topological polar surface area (TPSA) is 29.5 Å². The van der Waals surface area contributed by atoms with Crippen LogP contribution in [0.15, 0.2) is 18.2 Å². The first-order valence-corrected chi connectivity index (χ1v) is 5.18. The molecule has 0 aromatic heterocycles. The van der Waals surface area contributed by atoms with E-state index in [-0.39, 0.29) is 12.2 Å². The molecule has 0 bridgehead atoms. The van der Waals surface area contributed by atoms with E-state index in [1.165, 1.54) is 5.56 Å². The molecule has 2 nitrogen and oxygen atoms in total. The molecule has 1 aromatic rings. The first-order valence-electron chi connectivity index (χ1n) is 5.18. The highest BCUT2D eigenvalue weighted by molar-refractivity contribution is 5.41. The van der Waals surface area contributed by atoms with E-state index < -0.39 is 0 Å². The summed E-state index contributed by atoms with van der Waals surface area (Å²) in [4.78, 5) is 0. The second kappa shape index (κ2) is 3.62. The van der Waals surface area contributed by atoms with Gasteiger partial charge in [0.15, 0.2) is 0 Å². The van der Waals surface area contributed by atoms with Crippen molar-refractivity contribution in [2.75, 3.05) is 0 Å². The molecule has 0 saturated carbocycles. The number of aliphatic hydroxyl groups is 1. The van der Waals surface area contributed by atoms with Crippen LogP contribution in [0.4, 0.5) is 0 Å². The van der Waals surface area contributed by atoms with Gasteiger partial charge in [0.2, 0.25) is 0 Å². The fourth-order valence-corrected chi connectivity index (χ4v) is 1.88. The molecule has 2 rings (SSSR count). The minimum absolute atomic E-state index is 0.277. The molecule has 0 fully saturated rings. The number of hydrogen-bond acceptors (Lipinski definition) is 2. The number of aliphatic hydroxyl groups excluding tert-OH is 1. The molecule has 1 heterocycles. The van der Waals surface area contributed by atoms with Crippen LogP contribution in [0.25, 0.3) is 0 Å². The van der Waals surface area contributed by atoms with E-state index in [1.807, 2.05) is 19.1 Å². The fraction of sp³-hybridized carbons (Fsp3) is 0.500. The second-order valence-corrected chi connectivity index (χ2v) is 3.92. The summed E-state index contributed by atoms with van der Waals surface area (Å²) in [5.74, 6) is 0.976. The maximum atomic E-state index is 9.69. The molecule has 0 spiro atoms. The van der Waals surface area contributed by atoms with E-state index in [0.717, 1.165) is 24.2 Å². The van der Waals surface area contributed by atoms with E-state index in [9.17, 15) is 5.11 Å². The number of benzene rings is 1. The van der Waals surface area contributed by atoms with Crippen LogP contribution in [0.5, 0.6) is 5.75 Å². The lowest BCUT2D eigenvalue weighted by molar-refractivity contribution is 0.173. The smallest absolute Gasteiger partial charge is 0.123 e. The van der Waals surface area contributed by atoms with Crippen molar-refractivity contribution in [2.24, 2.45) is 0 Å². The van der Waals surface area contributed by atoms with Crippen LogP contribution < -0.4 is 4.74 Å². The van der Waals surface area contributed by atoms with E-state index in [4.69, 9.17) is 4.74 Å². The molecule has 0 aliphatic carbocycles. The van der Waals surface area contributed by atoms with Crippen LogP contribution >= 0.6 is 0 Å². The van der Waals surface area contributed by atoms with Gasteiger partial charge < -0.3 is 9.84 Å². The quantitative estimate of drug-likeness (QED) is 0.780. The number of fused-ring (bicyclic) bond motifs is 1. The van der Waals surface area contributed by atoms with Crippen LogP contribution in [0.2, 0.25) is 0 Å². The lowest BCUT2D eigenvalue weighted by Gasteiger charge is -2.09. The highest BCUT2D eigenvalue weighted by atomic mass is 16.5. The molecular weight excluding hydrogens is 176 g/mol. The van der Waals surface area contributed by atoms with Crippen molar-refractivity contribution in [1.29, 1.82) is 0 Å². The Morgan fingerprint density at radius 1 is 1.57 bits per heavy atom. The average molecular weight is 192 g/mol. The highest BCUT2D eigenvalue weighted by Crippen LogP contribution is 2.31. The lowest BCUT2D eigenvalue weighted by Crippen LogP contribution is -2.05. The maximum absolute atomic E-state index is 9.69. The van der Waals surface area contributed by atoms with Crippen LogP contribution in [0.3, 0.4) is 0 Å². The molecule has 1 unspecified atom stereocenters. The molecule has 0 radical (unpaired) electrons. The average Bonchev–Trinajstić information content (AvgIpc) is 2.55. The Hall–Kier alpha value is -1.02. The largest absolute Gasteiger partial charge is 0.490 e. The van der Waals surface area contributed by atoms with Crippen LogP contribution in [0, 0.1) is 0 Å². The molecule has 76 valence electrons. The molecule has 2 heteroatoms. The normalized spacial score (nSPS) is 21.5. The molecule has 1 aliphatic rings. The van der Waals surface area contributed by atoms with E-state index in [0.29, 0.717) is 0 Å². The fourth-order valence-electron chi connectivity index (χ4n) is 1.88. The zero-order valence-electron chi connectivity index (χ0n) is 8.66. The van der Waals surface area contributed by atoms with Crippen molar-refractivity contribution in [3.63, 3.8) is 0 Å². The third-order valence-electron chi connectivity index (χ3n) is 2.69. The van der Waals surface area contributed by atoms with Crippen LogP contribution in [-0.2, 0) is 6.42 Å². The van der Waals surface area contributed by atoms with Crippen LogP contribution in [-0.4, -0.2) is 11.2 Å². The SMILES string of the molecule is CC[C@H](O)c1ccc2c(c1)CC(C)O2. The molecule has 1 aliphatic heterocycles. The Kier molecular flexibility index (Phi) is 2.46. The van der Waals surface area contributed by atoms with Crippen molar-refractivity contribution in [3.8, 4) is 5.75 Å². The first-order chi connectivity index (χ1) is 6.70. The predicted octanol–water partition coefficient (Wildman–Crippen LogP) is 2.45. The summed E-state index contributed by atoms with van der Waals surface area (Å²) in [6, 6.07) is 5.98. The zero-order valence-corrected chi connectivity index (χ0v) is 8.66. The van der Waals surface area contributed by atoms with E-state index in [1.54, 1.807) is 0 Å². The lowest BCUT2D eigenvalue weighted by atomic mass is 10.0. The molecule has 0 saturated heterocycles. The van der Waals surface area contributed by atoms with Gasteiger partial charge in [-0.3, -0.25) is 0 Å². The Labute approximate surface area is 84.5 Å². The van der Waals surface area contributed by atoms with Crippen LogP contribution in [0.1, 0.15) is 37.5 Å². The standard InChI is InChI=1S/C12H16O2/c1-3-11(13)9-4-5-12-10(7-9)6-8(2)14-12/h4-5,7-8,11,13H,3,6H2,1-2H3/t8?,11-/m0/s1. The van der Waals surface area contributed by atoms with E-state index >= 15 is 0 Å². The Bertz CT molecular complexity index is 333. The van der Waals surface area contributed by atoms with Crippen molar-refractivity contribution >= 4 is 0 Å². The zero-order chi connectivity index (χ0) is 10.1. The maximum Gasteiger partial charge on any atom is 0.123 e.